The van der Waals surface area contributed by atoms with E-state index in [1.165, 1.54) is 0 Å². The third-order valence-electron chi connectivity index (χ3n) is 0. The van der Waals surface area contributed by atoms with Gasteiger partial charge < -0.3 is 11.2 Å². The van der Waals surface area contributed by atoms with Gasteiger partial charge in [0.25, 0.3) is 0 Å². The Bertz CT molecular complexity index is 14.0. The molecule has 0 heterocycles. The third kappa shape index (κ3) is 8.84. The second kappa shape index (κ2) is 17.1. The Hall–Kier alpha value is 2.77. The normalized spacial score (nSPS) is 0. The van der Waals surface area contributed by atoms with Crippen LogP contribution >= 0.6 is 12.4 Å². The summed E-state index contributed by atoms with van der Waals surface area (Å²) in [4.78, 5) is 0. The quantitative estimate of drug-likeness (QED) is 0.396. The summed E-state index contributed by atoms with van der Waals surface area (Å²) < 4.78 is 0. The summed E-state index contributed by atoms with van der Waals surface area (Å²) in [6, 6.07) is 0. The van der Waals surface area contributed by atoms with Crippen molar-refractivity contribution in [1.29, 1.82) is 0 Å². The minimum Gasteiger partial charge on any atom is -1.00 e. The van der Waals surface area contributed by atoms with Crippen molar-refractivity contribution in [2.75, 3.05) is 0 Å². The van der Waals surface area contributed by atoms with Gasteiger partial charge in [0, 0.05) is 0 Å². The summed E-state index contributed by atoms with van der Waals surface area (Å²) in [5, 5.41) is 0. The van der Waals surface area contributed by atoms with E-state index in [1.807, 2.05) is 0 Å². The largest absolute Gasteiger partial charge is 2.00 e. The van der Waals surface area contributed by atoms with Gasteiger partial charge in [-0.05, 0) is 0 Å². The van der Waals surface area contributed by atoms with Crippen molar-refractivity contribution in [3.05, 3.63) is 0 Å². The number of rotatable bonds is 0. The zero-order chi connectivity index (χ0) is 0. The van der Waals surface area contributed by atoms with Crippen LogP contribution in [0.15, 0.2) is 0 Å². The molecule has 0 aliphatic heterocycles. The van der Waals surface area contributed by atoms with E-state index in [0.717, 1.165) is 0 Å². The van der Waals surface area contributed by atoms with Crippen molar-refractivity contribution >= 4 is 87.9 Å². The minimum atomic E-state index is 0. The van der Waals surface area contributed by atoms with Crippen LogP contribution < -0.4 is 0 Å². The van der Waals surface area contributed by atoms with Crippen LogP contribution in [0.25, 0.3) is 0 Å². The first-order valence-electron chi connectivity index (χ1n) is 0. The van der Waals surface area contributed by atoms with Crippen LogP contribution in [0.3, 0.4) is 0 Å². The van der Waals surface area contributed by atoms with Gasteiger partial charge >= 0.3 is 75.5 Å². The molecule has 0 fully saturated rings. The van der Waals surface area contributed by atoms with E-state index in [2.05, 4.69) is 0 Å². The Kier molecular flexibility index (Phi) is 126. The number of halogens is 1. The Morgan fingerprint density at radius 3 is 1.00 bits per heavy atom. The Morgan fingerprint density at radius 1 is 1.00 bits per heavy atom. The van der Waals surface area contributed by atoms with E-state index in [-0.39, 0.29) is 99.1 Å². The summed E-state index contributed by atoms with van der Waals surface area (Å²) in [7, 11) is 0. The van der Waals surface area contributed by atoms with Gasteiger partial charge in [-0.2, -0.15) is 0 Å². The molecule has 4 heteroatoms. The van der Waals surface area contributed by atoms with E-state index in [4.69, 9.17) is 0 Å². The molecule has 0 atom stereocenters. The van der Waals surface area contributed by atoms with Gasteiger partial charge in [-0.25, -0.2) is 0 Å². The monoisotopic (exact) mass is 138 g/mol. The molecule has 4 heavy (non-hydrogen) atoms. The first-order chi connectivity index (χ1) is 0. The molecule has 0 aliphatic carbocycles. The van der Waals surface area contributed by atoms with Gasteiger partial charge in [0.05, 0.1) is 0 Å². The average molecular weight is 139 g/mol. The summed E-state index contributed by atoms with van der Waals surface area (Å²) >= 11 is 0. The fraction of sp³-hybridized carbons (Fsp3) is 0. The van der Waals surface area contributed by atoms with Crippen LogP contribution in [0.2, 0.25) is 0 Å². The topological polar surface area (TPSA) is 31.5 Å². The first kappa shape index (κ1) is 29.4. The summed E-state index contributed by atoms with van der Waals surface area (Å²) in [5.74, 6) is 0. The van der Waals surface area contributed by atoms with E-state index in [0.29, 0.717) is 0 Å². The molecule has 0 spiro atoms. The average Bonchev–Trinajstić information content (AvgIpc) is 0. The minimum absolute atomic E-state index is 0. The zero-order valence-corrected chi connectivity index (χ0v) is 7.56. The summed E-state index contributed by atoms with van der Waals surface area (Å²) in [6.45, 7) is 0. The molecule has 1 nitrogen and oxygen atoms in total. The first-order valence-corrected chi connectivity index (χ1v) is 0. The molecule has 0 radical (unpaired) electrons. The molecule has 0 saturated carbocycles. The van der Waals surface area contributed by atoms with Crippen molar-refractivity contribution in [3.8, 4) is 0 Å². The molecular weight excluding hydrogens is 132 g/mol. The molecule has 24 valence electrons. The molecule has 0 saturated heterocycles. The fourth-order valence-corrected chi connectivity index (χ4v) is 0. The molecule has 0 amide bonds. The van der Waals surface area contributed by atoms with Crippen molar-refractivity contribution in [2.45, 2.75) is 0 Å². The van der Waals surface area contributed by atoms with Crippen LogP contribution in [-0.2, 0) is 0 Å². The third-order valence-corrected chi connectivity index (χ3v) is 0. The zero-order valence-electron chi connectivity index (χ0n) is 6.32. The smallest absolute Gasteiger partial charge is 1.00 e. The molecule has 0 bridgehead atoms. The number of hydrogen-bond donors (Lipinski definition) is 0. The second-order valence-corrected chi connectivity index (χ2v) is 0. The molecule has 0 rings (SSSR count). The molecule has 0 aromatic carbocycles. The van der Waals surface area contributed by atoms with Crippen LogP contribution in [0.1, 0.15) is 5.71 Å². The predicted octanol–water partition coefficient (Wildman–Crippen LogP) is -0.715. The van der Waals surface area contributed by atoms with Crippen LogP contribution in [0.5, 0.6) is 0 Å². The Labute approximate surface area is 97.2 Å². The molecule has 0 aromatic rings. The maximum atomic E-state index is 0. The van der Waals surface area contributed by atoms with Crippen LogP contribution in [-0.4, -0.2) is 81.0 Å². The molecule has 2 N–H and O–H groups in total. The van der Waals surface area contributed by atoms with Gasteiger partial charge in [0.15, 0.2) is 0 Å². The van der Waals surface area contributed by atoms with Gasteiger partial charge in [-0.15, -0.1) is 12.4 Å². The Balaban J connectivity index is 0. The van der Waals surface area contributed by atoms with Gasteiger partial charge in [0.1, 0.15) is 0 Å². The summed E-state index contributed by atoms with van der Waals surface area (Å²) in [6.07, 6.45) is 0. The molecular formula is H7Ca2ClO. The summed E-state index contributed by atoms with van der Waals surface area (Å²) in [5.41, 5.74) is 0. The SMILES string of the molecule is Cl.O.[Ca+2].[Ca+2].[H-].[H-].[H-].[H-]. The van der Waals surface area contributed by atoms with E-state index in [1.54, 1.807) is 0 Å². The standard InChI is InChI=1S/2Ca.ClH.H2O.4H/h;;1H;1H2;;;;/q2*+2;;;4*-1. The van der Waals surface area contributed by atoms with Crippen molar-refractivity contribution in [2.24, 2.45) is 0 Å². The van der Waals surface area contributed by atoms with Gasteiger partial charge in [-0.3, -0.25) is 0 Å². The Morgan fingerprint density at radius 2 is 1.00 bits per heavy atom. The van der Waals surface area contributed by atoms with Crippen molar-refractivity contribution in [1.82, 2.24) is 0 Å². The second-order valence-electron chi connectivity index (χ2n) is 0. The molecule has 0 aromatic heterocycles. The van der Waals surface area contributed by atoms with Crippen LogP contribution in [0.4, 0.5) is 0 Å². The maximum Gasteiger partial charge on any atom is 2.00 e. The van der Waals surface area contributed by atoms with Gasteiger partial charge in [-0.1, -0.05) is 0 Å². The van der Waals surface area contributed by atoms with E-state index in [9.17, 15) is 0 Å². The van der Waals surface area contributed by atoms with Gasteiger partial charge in [0.2, 0.25) is 0 Å². The van der Waals surface area contributed by atoms with Crippen molar-refractivity contribution < 1.29 is 11.2 Å². The van der Waals surface area contributed by atoms with Crippen LogP contribution in [0, 0.1) is 0 Å². The number of hydrogen-bond acceptors (Lipinski definition) is 0. The predicted molar refractivity (Wildman–Crippen MR) is 26.8 cm³/mol. The van der Waals surface area contributed by atoms with E-state index >= 15 is 0 Å². The maximum absolute atomic E-state index is 0. The van der Waals surface area contributed by atoms with Crippen molar-refractivity contribution in [3.63, 3.8) is 0 Å². The fourth-order valence-electron chi connectivity index (χ4n) is 0. The molecule has 0 unspecified atom stereocenters. The van der Waals surface area contributed by atoms with E-state index < -0.39 is 0 Å². The molecule has 0 aliphatic rings.